The average molecular weight is 413 g/mol. The van der Waals surface area contributed by atoms with Crippen LogP contribution in [0.2, 0.25) is 0 Å². The number of halogens is 1. The molecule has 5 heteroatoms. The molecule has 25 heavy (non-hydrogen) atoms. The van der Waals surface area contributed by atoms with Crippen LogP contribution in [-0.2, 0) is 6.54 Å². The molecule has 2 N–H and O–H groups in total. The first-order valence-corrected chi connectivity index (χ1v) is 9.43. The molecular weight excluding hydrogens is 396 g/mol. The van der Waals surface area contributed by atoms with Crippen molar-refractivity contribution < 1.29 is 4.79 Å². The predicted molar refractivity (Wildman–Crippen MR) is 107 cm³/mol. The molecule has 3 aromatic carbocycles. The Bertz CT molecular complexity index is 855. The molecule has 0 saturated carbocycles. The number of carbonyl (C=O) groups is 1. The fraction of sp³-hybridized carbons (Fsp3) is 0.0500. The molecule has 0 aromatic heterocycles. The first-order chi connectivity index (χ1) is 12.2. The van der Waals surface area contributed by atoms with Crippen LogP contribution in [0.4, 0.5) is 10.5 Å². The molecule has 0 radical (unpaired) electrons. The van der Waals surface area contributed by atoms with Gasteiger partial charge in [0.2, 0.25) is 0 Å². The molecule has 2 amide bonds. The maximum atomic E-state index is 12.3. The zero-order chi connectivity index (χ0) is 17.5. The first-order valence-electron chi connectivity index (χ1n) is 7.82. The second-order valence-electron chi connectivity index (χ2n) is 5.31. The lowest BCUT2D eigenvalue weighted by atomic mass is 10.2. The molecule has 0 unspecified atom stereocenters. The van der Waals surface area contributed by atoms with Crippen LogP contribution in [0.5, 0.6) is 0 Å². The average Bonchev–Trinajstić information content (AvgIpc) is 2.64. The number of anilines is 1. The maximum Gasteiger partial charge on any atom is 0.319 e. The summed E-state index contributed by atoms with van der Waals surface area (Å²) in [6.07, 6.45) is 0. The highest BCUT2D eigenvalue weighted by Crippen LogP contribution is 2.33. The highest BCUT2D eigenvalue weighted by molar-refractivity contribution is 9.10. The summed E-state index contributed by atoms with van der Waals surface area (Å²) in [6, 6.07) is 25.5. The lowest BCUT2D eigenvalue weighted by Gasteiger charge is -2.12. The number of carbonyl (C=O) groups excluding carboxylic acids is 1. The minimum absolute atomic E-state index is 0.225. The normalized spacial score (nSPS) is 10.3. The van der Waals surface area contributed by atoms with Crippen molar-refractivity contribution in [3.63, 3.8) is 0 Å². The Morgan fingerprint density at radius 1 is 0.880 bits per heavy atom. The van der Waals surface area contributed by atoms with Crippen molar-refractivity contribution in [2.45, 2.75) is 16.3 Å². The third kappa shape index (κ3) is 5.11. The molecule has 3 aromatic rings. The quantitative estimate of drug-likeness (QED) is 0.545. The molecule has 0 fully saturated rings. The minimum atomic E-state index is -0.225. The zero-order valence-corrected chi connectivity index (χ0v) is 15.8. The fourth-order valence-electron chi connectivity index (χ4n) is 2.26. The predicted octanol–water partition coefficient (Wildman–Crippen LogP) is 5.92. The Balaban J connectivity index is 1.64. The molecule has 3 rings (SSSR count). The topological polar surface area (TPSA) is 41.1 Å². The summed E-state index contributed by atoms with van der Waals surface area (Å²) in [6.45, 7) is 0.460. The van der Waals surface area contributed by atoms with E-state index >= 15 is 0 Å². The second-order valence-corrected chi connectivity index (χ2v) is 7.28. The highest BCUT2D eigenvalue weighted by atomic mass is 79.9. The van der Waals surface area contributed by atoms with Crippen molar-refractivity contribution in [2.24, 2.45) is 0 Å². The number of benzene rings is 3. The number of amides is 2. The van der Waals surface area contributed by atoms with Gasteiger partial charge in [0.25, 0.3) is 0 Å². The van der Waals surface area contributed by atoms with Crippen molar-refractivity contribution in [3.05, 3.63) is 88.9 Å². The van der Waals surface area contributed by atoms with Crippen LogP contribution in [0, 0.1) is 0 Å². The smallest absolute Gasteiger partial charge is 0.319 e. The summed E-state index contributed by atoms with van der Waals surface area (Å²) < 4.78 is 0.982. The van der Waals surface area contributed by atoms with Crippen LogP contribution in [0.3, 0.4) is 0 Å². The summed E-state index contributed by atoms with van der Waals surface area (Å²) >= 11 is 5.11. The van der Waals surface area contributed by atoms with E-state index in [0.717, 1.165) is 25.5 Å². The third-order valence-electron chi connectivity index (χ3n) is 3.50. The molecule has 0 spiro atoms. The molecule has 0 bridgehead atoms. The van der Waals surface area contributed by atoms with Gasteiger partial charge >= 0.3 is 6.03 Å². The molecule has 126 valence electrons. The summed E-state index contributed by atoms with van der Waals surface area (Å²) in [5, 5.41) is 5.82. The largest absolute Gasteiger partial charge is 0.334 e. The summed E-state index contributed by atoms with van der Waals surface area (Å²) in [7, 11) is 0. The summed E-state index contributed by atoms with van der Waals surface area (Å²) in [5.41, 5.74) is 1.82. The molecule has 0 aliphatic carbocycles. The van der Waals surface area contributed by atoms with E-state index in [1.54, 1.807) is 11.8 Å². The SMILES string of the molecule is O=C(NCc1ccccc1Br)Nc1ccccc1Sc1ccccc1. The molecule has 3 nitrogen and oxygen atoms in total. The summed E-state index contributed by atoms with van der Waals surface area (Å²) in [4.78, 5) is 14.4. The molecule has 0 aliphatic heterocycles. The fourth-order valence-corrected chi connectivity index (χ4v) is 3.61. The van der Waals surface area contributed by atoms with Gasteiger partial charge in [0.15, 0.2) is 0 Å². The van der Waals surface area contributed by atoms with Crippen LogP contribution in [0.1, 0.15) is 5.56 Å². The van der Waals surface area contributed by atoms with E-state index in [-0.39, 0.29) is 6.03 Å². The number of rotatable bonds is 5. The Labute approximate surface area is 160 Å². The number of hydrogen-bond acceptors (Lipinski definition) is 2. The maximum absolute atomic E-state index is 12.3. The van der Waals surface area contributed by atoms with Gasteiger partial charge in [-0.3, -0.25) is 0 Å². The van der Waals surface area contributed by atoms with Crippen molar-refractivity contribution in [2.75, 3.05) is 5.32 Å². The standard InChI is InChI=1S/C20H17BrN2OS/c21-17-11-5-4-8-15(17)14-22-20(24)23-18-12-6-7-13-19(18)25-16-9-2-1-3-10-16/h1-13H,14H2,(H2,22,23,24). The van der Waals surface area contributed by atoms with E-state index in [1.165, 1.54) is 0 Å². The second kappa shape index (κ2) is 8.74. The van der Waals surface area contributed by atoms with Crippen molar-refractivity contribution >= 4 is 39.4 Å². The zero-order valence-electron chi connectivity index (χ0n) is 13.4. The van der Waals surface area contributed by atoms with Gasteiger partial charge in [0.05, 0.1) is 5.69 Å². The number of hydrogen-bond donors (Lipinski definition) is 2. The van der Waals surface area contributed by atoms with Crippen LogP contribution >= 0.6 is 27.7 Å². The van der Waals surface area contributed by atoms with Crippen molar-refractivity contribution in [3.8, 4) is 0 Å². The van der Waals surface area contributed by atoms with Crippen LogP contribution in [-0.4, -0.2) is 6.03 Å². The van der Waals surface area contributed by atoms with Crippen LogP contribution < -0.4 is 10.6 Å². The molecule has 0 atom stereocenters. The molecular formula is C20H17BrN2OS. The van der Waals surface area contributed by atoms with Gasteiger partial charge < -0.3 is 10.6 Å². The van der Waals surface area contributed by atoms with Gasteiger partial charge in [0, 0.05) is 20.8 Å². The van der Waals surface area contributed by atoms with Crippen LogP contribution in [0.25, 0.3) is 0 Å². The van der Waals surface area contributed by atoms with Crippen molar-refractivity contribution in [1.82, 2.24) is 5.32 Å². The van der Waals surface area contributed by atoms with Gasteiger partial charge in [0.1, 0.15) is 0 Å². The number of urea groups is 1. The summed E-state index contributed by atoms with van der Waals surface area (Å²) in [5.74, 6) is 0. The van der Waals surface area contributed by atoms with Gasteiger partial charge in [-0.05, 0) is 35.9 Å². The highest BCUT2D eigenvalue weighted by Gasteiger charge is 2.08. The van der Waals surface area contributed by atoms with Gasteiger partial charge in [-0.1, -0.05) is 76.2 Å². The number of nitrogens with one attached hydrogen (secondary N) is 2. The Morgan fingerprint density at radius 2 is 1.56 bits per heavy atom. The van der Waals surface area contributed by atoms with E-state index in [2.05, 4.69) is 38.7 Å². The van der Waals surface area contributed by atoms with Crippen LogP contribution in [0.15, 0.2) is 93.1 Å². The lowest BCUT2D eigenvalue weighted by molar-refractivity contribution is 0.251. The van der Waals surface area contributed by atoms with E-state index < -0.39 is 0 Å². The van der Waals surface area contributed by atoms with E-state index in [0.29, 0.717) is 6.54 Å². The molecule has 0 saturated heterocycles. The lowest BCUT2D eigenvalue weighted by Crippen LogP contribution is -2.28. The van der Waals surface area contributed by atoms with Crippen molar-refractivity contribution in [1.29, 1.82) is 0 Å². The third-order valence-corrected chi connectivity index (χ3v) is 5.36. The first kappa shape index (κ1) is 17.6. The monoisotopic (exact) mass is 412 g/mol. The Kier molecular flexibility index (Phi) is 6.14. The van der Waals surface area contributed by atoms with Gasteiger partial charge in [-0.25, -0.2) is 4.79 Å². The Hall–Kier alpha value is -2.24. The van der Waals surface area contributed by atoms with E-state index in [4.69, 9.17) is 0 Å². The van der Waals surface area contributed by atoms with Gasteiger partial charge in [-0.15, -0.1) is 0 Å². The minimum Gasteiger partial charge on any atom is -0.334 e. The Morgan fingerprint density at radius 3 is 2.36 bits per heavy atom. The molecule has 0 heterocycles. The number of para-hydroxylation sites is 1. The molecule has 0 aliphatic rings. The van der Waals surface area contributed by atoms with E-state index in [9.17, 15) is 4.79 Å². The van der Waals surface area contributed by atoms with Gasteiger partial charge in [-0.2, -0.15) is 0 Å². The van der Waals surface area contributed by atoms with E-state index in [1.807, 2.05) is 66.7 Å².